The molecule has 0 unspecified atom stereocenters. The van der Waals surface area contributed by atoms with Gasteiger partial charge in [-0.05, 0) is 49.4 Å². The van der Waals surface area contributed by atoms with E-state index in [1.807, 2.05) is 0 Å². The lowest BCUT2D eigenvalue weighted by Crippen LogP contribution is -2.12. The van der Waals surface area contributed by atoms with Gasteiger partial charge in [0.25, 0.3) is 0 Å². The van der Waals surface area contributed by atoms with Crippen LogP contribution in [0, 0.1) is 0 Å². The first-order chi connectivity index (χ1) is 13.7. The Kier molecular flexibility index (Phi) is 7.27. The lowest BCUT2D eigenvalue weighted by molar-refractivity contribution is -0.143. The molecule has 150 valence electrons. The summed E-state index contributed by atoms with van der Waals surface area (Å²) >= 11 is 1.12. The number of carbonyl (C=O) groups is 4. The van der Waals surface area contributed by atoms with Crippen molar-refractivity contribution in [2.45, 2.75) is 30.1 Å². The zero-order chi connectivity index (χ0) is 21.6. The number of rotatable bonds is 8. The molecule has 0 bridgehead atoms. The molecule has 0 saturated carbocycles. The van der Waals surface area contributed by atoms with Gasteiger partial charge in [-0.1, -0.05) is 23.8 Å². The predicted octanol–water partition coefficient (Wildman–Crippen LogP) is 3.75. The highest BCUT2D eigenvalue weighted by Crippen LogP contribution is 2.31. The summed E-state index contributed by atoms with van der Waals surface area (Å²) in [5.74, 6) is -3.42. The normalized spacial score (nSPS) is 11.0. The third kappa shape index (κ3) is 5.76. The standard InChI is InChI=1S/C20H17NO7S/c1-3-17(22)28-21-11(2)18(23)12-4-7-14(8-5-12)29-16-9-6-13(19(24)25)10-15(16)20(26)27/h4-10H,3H2,1-2H3,(H,24,25)(H,26,27)/b21-11+. The fraction of sp³-hybridized carbons (Fsp3) is 0.150. The SMILES string of the molecule is CCC(=O)O/N=C(\C)C(=O)c1ccc(Sc2ccc(C(=O)O)cc2C(=O)O)cc1. The molecule has 0 amide bonds. The molecule has 0 atom stereocenters. The molecule has 0 spiro atoms. The number of aromatic carboxylic acids is 2. The average Bonchev–Trinajstić information content (AvgIpc) is 2.71. The number of carbonyl (C=O) groups excluding carboxylic acids is 2. The van der Waals surface area contributed by atoms with Gasteiger partial charge >= 0.3 is 17.9 Å². The van der Waals surface area contributed by atoms with E-state index in [2.05, 4.69) is 9.99 Å². The molecule has 8 nitrogen and oxygen atoms in total. The number of hydrogen-bond donors (Lipinski definition) is 2. The Balaban J connectivity index is 2.19. The van der Waals surface area contributed by atoms with Crippen molar-refractivity contribution in [3.63, 3.8) is 0 Å². The first kappa shape index (κ1) is 21.8. The van der Waals surface area contributed by atoms with E-state index in [0.29, 0.717) is 15.4 Å². The van der Waals surface area contributed by atoms with Crippen molar-refractivity contribution >= 4 is 41.2 Å². The summed E-state index contributed by atoms with van der Waals surface area (Å²) in [6.45, 7) is 3.04. The highest BCUT2D eigenvalue weighted by Gasteiger charge is 2.16. The molecular weight excluding hydrogens is 398 g/mol. The largest absolute Gasteiger partial charge is 0.478 e. The molecule has 9 heteroatoms. The van der Waals surface area contributed by atoms with Gasteiger partial charge in [-0.2, -0.15) is 0 Å². The van der Waals surface area contributed by atoms with E-state index in [4.69, 9.17) is 5.11 Å². The summed E-state index contributed by atoms with van der Waals surface area (Å²) < 4.78 is 0. The Hall–Kier alpha value is -3.46. The summed E-state index contributed by atoms with van der Waals surface area (Å²) in [7, 11) is 0. The highest BCUT2D eigenvalue weighted by molar-refractivity contribution is 7.99. The maximum Gasteiger partial charge on any atom is 0.336 e. The lowest BCUT2D eigenvalue weighted by Gasteiger charge is -2.08. The predicted molar refractivity (Wildman–Crippen MR) is 105 cm³/mol. The minimum atomic E-state index is -1.24. The average molecular weight is 415 g/mol. The van der Waals surface area contributed by atoms with E-state index >= 15 is 0 Å². The highest BCUT2D eigenvalue weighted by atomic mass is 32.2. The van der Waals surface area contributed by atoms with Crippen LogP contribution in [0.25, 0.3) is 0 Å². The minimum absolute atomic E-state index is 0.0182. The Morgan fingerprint density at radius 3 is 2.14 bits per heavy atom. The van der Waals surface area contributed by atoms with Crippen molar-refractivity contribution in [3.05, 3.63) is 59.2 Å². The number of ketones is 1. The monoisotopic (exact) mass is 415 g/mol. The summed E-state index contributed by atoms with van der Waals surface area (Å²) in [4.78, 5) is 51.5. The molecule has 2 aromatic rings. The Bertz CT molecular complexity index is 996. The Morgan fingerprint density at radius 1 is 0.966 bits per heavy atom. The summed E-state index contributed by atoms with van der Waals surface area (Å²) in [6.07, 6.45) is 0.142. The molecule has 2 rings (SSSR count). The van der Waals surface area contributed by atoms with Gasteiger partial charge in [0.15, 0.2) is 0 Å². The van der Waals surface area contributed by atoms with Crippen LogP contribution in [0.4, 0.5) is 0 Å². The van der Waals surface area contributed by atoms with Crippen molar-refractivity contribution in [3.8, 4) is 0 Å². The van der Waals surface area contributed by atoms with Crippen LogP contribution in [-0.2, 0) is 9.63 Å². The molecule has 2 N–H and O–H groups in total. The first-order valence-corrected chi connectivity index (χ1v) is 9.22. The third-order valence-electron chi connectivity index (χ3n) is 3.70. The summed E-state index contributed by atoms with van der Waals surface area (Å²) in [5, 5.41) is 21.9. The van der Waals surface area contributed by atoms with E-state index < -0.39 is 23.7 Å². The van der Waals surface area contributed by atoms with Crippen LogP contribution >= 0.6 is 11.8 Å². The second kappa shape index (κ2) is 9.65. The number of carboxylic acid groups (broad SMARTS) is 2. The number of Topliss-reactive ketones (excluding diaryl/α,β-unsaturated/α-hetero) is 1. The zero-order valence-electron chi connectivity index (χ0n) is 15.5. The van der Waals surface area contributed by atoms with Crippen LogP contribution < -0.4 is 0 Å². The van der Waals surface area contributed by atoms with E-state index in [9.17, 15) is 24.3 Å². The van der Waals surface area contributed by atoms with Gasteiger partial charge in [0.1, 0.15) is 5.71 Å². The Morgan fingerprint density at radius 2 is 1.59 bits per heavy atom. The zero-order valence-corrected chi connectivity index (χ0v) is 16.4. The van der Waals surface area contributed by atoms with Crippen LogP contribution in [0.5, 0.6) is 0 Å². The van der Waals surface area contributed by atoms with Gasteiger partial charge in [0.05, 0.1) is 11.1 Å². The van der Waals surface area contributed by atoms with Crippen molar-refractivity contribution < 1.29 is 34.2 Å². The number of oxime groups is 1. The maximum atomic E-state index is 12.3. The van der Waals surface area contributed by atoms with Crippen LogP contribution in [0.1, 0.15) is 51.3 Å². The molecule has 0 saturated heterocycles. The smallest absolute Gasteiger partial charge is 0.336 e. The van der Waals surface area contributed by atoms with Gasteiger partial charge in [0, 0.05) is 21.8 Å². The van der Waals surface area contributed by atoms with Crippen molar-refractivity contribution in [2.75, 3.05) is 0 Å². The van der Waals surface area contributed by atoms with E-state index in [0.717, 1.165) is 17.8 Å². The van der Waals surface area contributed by atoms with E-state index in [-0.39, 0.29) is 23.3 Å². The van der Waals surface area contributed by atoms with E-state index in [1.54, 1.807) is 19.1 Å². The minimum Gasteiger partial charge on any atom is -0.478 e. The molecule has 2 aromatic carbocycles. The molecule has 0 radical (unpaired) electrons. The fourth-order valence-corrected chi connectivity index (χ4v) is 3.07. The van der Waals surface area contributed by atoms with E-state index in [1.165, 1.54) is 31.2 Å². The van der Waals surface area contributed by atoms with Gasteiger partial charge in [0.2, 0.25) is 5.78 Å². The molecular formula is C20H17NO7S. The van der Waals surface area contributed by atoms with Gasteiger partial charge in [-0.15, -0.1) is 0 Å². The summed E-state index contributed by atoms with van der Waals surface area (Å²) in [5.41, 5.74) is 0.0921. The molecule has 0 fully saturated rings. The van der Waals surface area contributed by atoms with Crippen LogP contribution in [-0.4, -0.2) is 39.6 Å². The number of carboxylic acids is 2. The number of nitrogens with zero attached hydrogens (tertiary/aromatic N) is 1. The number of benzene rings is 2. The van der Waals surface area contributed by atoms with Crippen molar-refractivity contribution in [2.24, 2.45) is 5.16 Å². The number of hydrogen-bond acceptors (Lipinski definition) is 7. The molecule has 0 aliphatic carbocycles. The Labute approximate surface area is 170 Å². The molecule has 0 aromatic heterocycles. The first-order valence-electron chi connectivity index (χ1n) is 8.40. The molecule has 29 heavy (non-hydrogen) atoms. The fourth-order valence-electron chi connectivity index (χ4n) is 2.15. The van der Waals surface area contributed by atoms with Crippen molar-refractivity contribution in [1.82, 2.24) is 0 Å². The second-order valence-corrected chi connectivity index (χ2v) is 6.89. The summed E-state index contributed by atoms with van der Waals surface area (Å²) in [6, 6.07) is 10.2. The third-order valence-corrected chi connectivity index (χ3v) is 4.79. The quantitative estimate of drug-likeness (QED) is 0.288. The van der Waals surface area contributed by atoms with Crippen LogP contribution in [0.2, 0.25) is 0 Å². The molecule has 0 heterocycles. The van der Waals surface area contributed by atoms with Crippen LogP contribution in [0.15, 0.2) is 57.4 Å². The van der Waals surface area contributed by atoms with Crippen LogP contribution in [0.3, 0.4) is 0 Å². The maximum absolute atomic E-state index is 12.3. The van der Waals surface area contributed by atoms with Crippen molar-refractivity contribution in [1.29, 1.82) is 0 Å². The second-order valence-electron chi connectivity index (χ2n) is 5.77. The van der Waals surface area contributed by atoms with Gasteiger partial charge < -0.3 is 15.1 Å². The molecule has 0 aliphatic rings. The van der Waals surface area contributed by atoms with Gasteiger partial charge in [-0.25, -0.2) is 14.4 Å². The topological polar surface area (TPSA) is 130 Å². The van der Waals surface area contributed by atoms with Gasteiger partial charge in [-0.3, -0.25) is 4.79 Å². The molecule has 0 aliphatic heterocycles. The lowest BCUT2D eigenvalue weighted by atomic mass is 10.1.